The molecule has 3 unspecified atom stereocenters. The lowest BCUT2D eigenvalue weighted by Crippen LogP contribution is -2.59. The molecule has 9 heteroatoms. The third-order valence-electron chi connectivity index (χ3n) is 7.20. The molecular formula is C27H34ClN3O5. The highest BCUT2D eigenvalue weighted by Crippen LogP contribution is 2.41. The minimum atomic E-state index is -1.08. The number of carboxylic acids is 1. The summed E-state index contributed by atoms with van der Waals surface area (Å²) in [5.41, 5.74) is -0.426. The first-order valence-electron chi connectivity index (χ1n) is 12.4. The molecule has 0 bridgehead atoms. The van der Waals surface area contributed by atoms with E-state index in [0.717, 1.165) is 12.0 Å². The van der Waals surface area contributed by atoms with E-state index in [1.165, 1.54) is 0 Å². The summed E-state index contributed by atoms with van der Waals surface area (Å²) < 4.78 is 5.71. The van der Waals surface area contributed by atoms with Gasteiger partial charge in [0, 0.05) is 34.8 Å². The van der Waals surface area contributed by atoms with Crippen molar-refractivity contribution in [2.45, 2.75) is 77.0 Å². The van der Waals surface area contributed by atoms with E-state index >= 15 is 0 Å². The van der Waals surface area contributed by atoms with Crippen LogP contribution in [0.2, 0.25) is 5.02 Å². The van der Waals surface area contributed by atoms with Gasteiger partial charge in [0.25, 0.3) is 5.91 Å². The van der Waals surface area contributed by atoms with Gasteiger partial charge in [-0.1, -0.05) is 11.6 Å². The molecule has 2 fully saturated rings. The number of likely N-dealkylation sites (tertiary alicyclic amines) is 1. The highest BCUT2D eigenvalue weighted by atomic mass is 35.5. The van der Waals surface area contributed by atoms with Crippen molar-refractivity contribution < 1.29 is 23.9 Å². The fourth-order valence-corrected chi connectivity index (χ4v) is 5.62. The normalized spacial score (nSPS) is 26.8. The van der Waals surface area contributed by atoms with Crippen LogP contribution in [0, 0.1) is 5.41 Å². The number of furan rings is 1. The Hall–Kier alpha value is -2.84. The molecule has 0 radical (unpaired) electrons. The van der Waals surface area contributed by atoms with Crippen LogP contribution in [0.5, 0.6) is 0 Å². The lowest BCUT2D eigenvalue weighted by molar-refractivity contribution is -0.158. The molecular weight excluding hydrogens is 482 g/mol. The van der Waals surface area contributed by atoms with Gasteiger partial charge >= 0.3 is 5.97 Å². The van der Waals surface area contributed by atoms with Gasteiger partial charge in [0.1, 0.15) is 11.8 Å². The average molecular weight is 516 g/mol. The number of rotatable bonds is 6. The molecule has 1 aliphatic carbocycles. The summed E-state index contributed by atoms with van der Waals surface area (Å²) in [5.74, 6) is -0.995. The number of hydrogen-bond acceptors (Lipinski definition) is 5. The number of aliphatic carboxylic acids is 1. The second kappa shape index (κ2) is 9.90. The Morgan fingerprint density at radius 3 is 2.44 bits per heavy atom. The van der Waals surface area contributed by atoms with E-state index in [1.807, 2.05) is 0 Å². The number of hydrogen-bond donors (Lipinski definition) is 3. The lowest BCUT2D eigenvalue weighted by Gasteiger charge is -2.47. The Kier molecular flexibility index (Phi) is 7.21. The molecule has 2 aliphatic rings. The summed E-state index contributed by atoms with van der Waals surface area (Å²) in [6, 6.07) is 9.26. The number of amides is 2. The lowest BCUT2D eigenvalue weighted by atomic mass is 9.68. The zero-order valence-electron chi connectivity index (χ0n) is 21.1. The highest BCUT2D eigenvalue weighted by Gasteiger charge is 2.52. The molecule has 1 saturated heterocycles. The summed E-state index contributed by atoms with van der Waals surface area (Å²) in [6.45, 7) is 8.32. The fourth-order valence-electron chi connectivity index (χ4n) is 5.50. The number of nitrogens with zero attached hydrogens (tertiary/aromatic N) is 1. The maximum atomic E-state index is 13.3. The number of carbonyl (C=O) groups excluding carboxylic acids is 2. The van der Waals surface area contributed by atoms with Crippen LogP contribution in [0.4, 0.5) is 0 Å². The van der Waals surface area contributed by atoms with Crippen molar-refractivity contribution in [2.75, 3.05) is 6.54 Å². The molecule has 1 aromatic carbocycles. The van der Waals surface area contributed by atoms with E-state index in [4.69, 9.17) is 16.0 Å². The zero-order valence-corrected chi connectivity index (χ0v) is 21.9. The first kappa shape index (κ1) is 26.2. The van der Waals surface area contributed by atoms with Crippen LogP contribution in [0.3, 0.4) is 0 Å². The van der Waals surface area contributed by atoms with Crippen molar-refractivity contribution in [1.82, 2.24) is 15.5 Å². The van der Waals surface area contributed by atoms with Gasteiger partial charge in [-0.2, -0.15) is 0 Å². The minimum absolute atomic E-state index is 0.0596. The first-order chi connectivity index (χ1) is 16.9. The van der Waals surface area contributed by atoms with E-state index in [9.17, 15) is 19.5 Å². The van der Waals surface area contributed by atoms with E-state index in [0.29, 0.717) is 36.6 Å². The van der Waals surface area contributed by atoms with Gasteiger partial charge < -0.3 is 25.1 Å². The number of benzene rings is 1. The standard InChI is InChI=1S/C27H34ClN3O5/c1-26(2,3)30-18-9-12-22(27(4,15-18)25(34)35)31-14-13-19(24(31)33)29-23(32)21-11-10-20(36-21)16-5-7-17(28)8-6-16/h5-8,10-11,18-19,22,30H,9,12-15H2,1-4H3,(H,29,32)(H,34,35)/t18?,19-,22?,27?/m0/s1. The van der Waals surface area contributed by atoms with E-state index in [-0.39, 0.29) is 23.2 Å². The SMILES string of the molecule is CC(C)(C)NC1CCC(N2CC[C@H](NC(=O)c3ccc(-c4ccc(Cl)cc4)o3)C2=O)C(C)(C(=O)O)C1. The summed E-state index contributed by atoms with van der Waals surface area (Å²) in [4.78, 5) is 40.2. The molecule has 1 aliphatic heterocycles. The monoisotopic (exact) mass is 515 g/mol. The highest BCUT2D eigenvalue weighted by molar-refractivity contribution is 6.30. The fraction of sp³-hybridized carbons (Fsp3) is 0.519. The van der Waals surface area contributed by atoms with Crippen molar-refractivity contribution in [3.05, 3.63) is 47.2 Å². The van der Waals surface area contributed by atoms with Gasteiger partial charge in [-0.3, -0.25) is 14.4 Å². The molecule has 1 saturated carbocycles. The zero-order chi connectivity index (χ0) is 26.3. The molecule has 8 nitrogen and oxygen atoms in total. The van der Waals surface area contributed by atoms with Crippen molar-refractivity contribution in [2.24, 2.45) is 5.41 Å². The Morgan fingerprint density at radius 2 is 1.81 bits per heavy atom. The Morgan fingerprint density at radius 1 is 1.11 bits per heavy atom. The summed E-state index contributed by atoms with van der Waals surface area (Å²) in [5, 5.41) is 17.0. The summed E-state index contributed by atoms with van der Waals surface area (Å²) >= 11 is 5.93. The van der Waals surface area contributed by atoms with Crippen molar-refractivity contribution in [3.63, 3.8) is 0 Å². The van der Waals surface area contributed by atoms with Crippen LogP contribution < -0.4 is 10.6 Å². The Balaban J connectivity index is 1.42. The smallest absolute Gasteiger partial charge is 0.311 e. The van der Waals surface area contributed by atoms with Gasteiger partial charge in [0.2, 0.25) is 5.91 Å². The van der Waals surface area contributed by atoms with Gasteiger partial charge in [-0.05, 0) is 89.8 Å². The molecule has 194 valence electrons. The van der Waals surface area contributed by atoms with Crippen LogP contribution in [-0.4, -0.2) is 58.0 Å². The van der Waals surface area contributed by atoms with E-state index in [2.05, 4.69) is 31.4 Å². The molecule has 0 spiro atoms. The molecule has 36 heavy (non-hydrogen) atoms. The molecule has 3 N–H and O–H groups in total. The number of halogens is 1. The van der Waals surface area contributed by atoms with Crippen LogP contribution in [0.1, 0.15) is 63.9 Å². The molecule has 2 amide bonds. The molecule has 2 heterocycles. The van der Waals surface area contributed by atoms with E-state index in [1.54, 1.807) is 48.2 Å². The summed E-state index contributed by atoms with van der Waals surface area (Å²) in [7, 11) is 0. The second-order valence-electron chi connectivity index (χ2n) is 11.1. The average Bonchev–Trinajstić information content (AvgIpc) is 3.41. The van der Waals surface area contributed by atoms with Gasteiger partial charge in [0.15, 0.2) is 5.76 Å². The first-order valence-corrected chi connectivity index (χ1v) is 12.7. The molecule has 4 rings (SSSR count). The number of nitrogens with one attached hydrogen (secondary N) is 2. The van der Waals surface area contributed by atoms with Crippen LogP contribution in [0.25, 0.3) is 11.3 Å². The number of carboxylic acid groups (broad SMARTS) is 1. The topological polar surface area (TPSA) is 112 Å². The Labute approximate surface area is 216 Å². The van der Waals surface area contributed by atoms with Crippen LogP contribution in [-0.2, 0) is 9.59 Å². The summed E-state index contributed by atoms with van der Waals surface area (Å²) in [6.07, 6.45) is 2.23. The molecule has 1 aromatic heterocycles. The second-order valence-corrected chi connectivity index (χ2v) is 11.6. The molecule has 2 aromatic rings. The maximum Gasteiger partial charge on any atom is 0.311 e. The van der Waals surface area contributed by atoms with Crippen molar-refractivity contribution in [1.29, 1.82) is 0 Å². The van der Waals surface area contributed by atoms with Gasteiger partial charge in [-0.15, -0.1) is 0 Å². The quantitative estimate of drug-likeness (QED) is 0.528. The predicted molar refractivity (Wildman–Crippen MR) is 137 cm³/mol. The van der Waals surface area contributed by atoms with Crippen molar-refractivity contribution >= 4 is 29.4 Å². The van der Waals surface area contributed by atoms with Gasteiger partial charge in [-0.25, -0.2) is 0 Å². The van der Waals surface area contributed by atoms with Crippen molar-refractivity contribution in [3.8, 4) is 11.3 Å². The minimum Gasteiger partial charge on any atom is -0.481 e. The maximum absolute atomic E-state index is 13.3. The van der Waals surface area contributed by atoms with Crippen LogP contribution >= 0.6 is 11.6 Å². The number of carbonyl (C=O) groups is 3. The third-order valence-corrected chi connectivity index (χ3v) is 7.45. The van der Waals surface area contributed by atoms with Gasteiger partial charge in [0.05, 0.1) is 5.41 Å². The Bertz CT molecular complexity index is 1140. The largest absolute Gasteiger partial charge is 0.481 e. The van der Waals surface area contributed by atoms with E-state index < -0.39 is 29.4 Å². The molecule has 4 atom stereocenters. The predicted octanol–water partition coefficient (Wildman–Crippen LogP) is 4.33. The third kappa shape index (κ3) is 5.44. The van der Waals surface area contributed by atoms with Crippen LogP contribution in [0.15, 0.2) is 40.8 Å².